The third kappa shape index (κ3) is 68.4. The molecule has 2 unspecified atom stereocenters. The number of carbonyl (C=O) groups is 4. The number of hydrogen-bond donors (Lipinski definition) is 3. The third-order valence-electron chi connectivity index (χ3n) is 17.1. The van der Waals surface area contributed by atoms with E-state index in [2.05, 4.69) is 48.5 Å². The summed E-state index contributed by atoms with van der Waals surface area (Å²) < 4.78 is 68.4. The van der Waals surface area contributed by atoms with Gasteiger partial charge < -0.3 is 33.8 Å². The Balaban J connectivity index is 5.23. The molecule has 552 valence electrons. The summed E-state index contributed by atoms with van der Waals surface area (Å²) in [5, 5.41) is 10.6. The number of ether oxygens (including phenoxy) is 4. The van der Waals surface area contributed by atoms with E-state index in [1.54, 1.807) is 0 Å². The van der Waals surface area contributed by atoms with Crippen LogP contribution in [0, 0.1) is 17.8 Å². The van der Waals surface area contributed by atoms with Gasteiger partial charge in [-0.25, -0.2) is 9.13 Å². The number of carbonyl (C=O) groups excluding carboxylic acids is 4. The molecule has 0 aromatic rings. The van der Waals surface area contributed by atoms with Crippen LogP contribution in [-0.4, -0.2) is 96.7 Å². The number of aliphatic hydroxyl groups is 1. The normalized spacial score (nSPS) is 14.1. The molecule has 17 nitrogen and oxygen atoms in total. The van der Waals surface area contributed by atoms with Crippen LogP contribution in [-0.2, 0) is 65.4 Å². The first kappa shape index (κ1) is 91.1. The minimum Gasteiger partial charge on any atom is -0.462 e. The lowest BCUT2D eigenvalue weighted by molar-refractivity contribution is -0.161. The van der Waals surface area contributed by atoms with Gasteiger partial charge in [-0.1, -0.05) is 325 Å². The Morgan fingerprint density at radius 3 is 0.731 bits per heavy atom. The highest BCUT2D eigenvalue weighted by Gasteiger charge is 2.30. The fraction of sp³-hybridized carbons (Fsp3) is 0.946. The van der Waals surface area contributed by atoms with Crippen LogP contribution in [0.1, 0.15) is 376 Å². The van der Waals surface area contributed by atoms with Gasteiger partial charge in [0.05, 0.1) is 26.4 Å². The number of aliphatic hydroxyl groups excluding tert-OH is 1. The van der Waals surface area contributed by atoms with Crippen molar-refractivity contribution in [1.82, 2.24) is 0 Å². The van der Waals surface area contributed by atoms with Crippen LogP contribution in [0.5, 0.6) is 0 Å². The zero-order chi connectivity index (χ0) is 68.7. The van der Waals surface area contributed by atoms with Crippen LogP contribution >= 0.6 is 15.6 Å². The second kappa shape index (κ2) is 64.7. The Hall–Kier alpha value is -1.94. The molecule has 0 aliphatic rings. The van der Waals surface area contributed by atoms with E-state index in [0.29, 0.717) is 25.7 Å². The molecule has 0 saturated heterocycles. The van der Waals surface area contributed by atoms with Gasteiger partial charge in [0.25, 0.3) is 0 Å². The largest absolute Gasteiger partial charge is 0.472 e. The van der Waals surface area contributed by atoms with Gasteiger partial charge in [-0.2, -0.15) is 0 Å². The van der Waals surface area contributed by atoms with Crippen molar-refractivity contribution in [2.45, 2.75) is 394 Å². The minimum absolute atomic E-state index is 0.104. The maximum absolute atomic E-state index is 13.1. The smallest absolute Gasteiger partial charge is 0.462 e. The van der Waals surface area contributed by atoms with Gasteiger partial charge in [0.2, 0.25) is 0 Å². The number of unbranched alkanes of at least 4 members (excludes halogenated alkanes) is 40. The quantitative estimate of drug-likeness (QED) is 0.0222. The molecule has 0 aromatic carbocycles. The van der Waals surface area contributed by atoms with Crippen molar-refractivity contribution in [3.63, 3.8) is 0 Å². The van der Waals surface area contributed by atoms with E-state index >= 15 is 0 Å². The van der Waals surface area contributed by atoms with Gasteiger partial charge in [0, 0.05) is 25.7 Å². The van der Waals surface area contributed by atoms with Crippen LogP contribution in [0.25, 0.3) is 0 Å². The number of phosphoric acid groups is 2. The predicted molar refractivity (Wildman–Crippen MR) is 377 cm³/mol. The third-order valence-corrected chi connectivity index (χ3v) is 19.0. The maximum atomic E-state index is 13.1. The Bertz CT molecular complexity index is 1820. The van der Waals surface area contributed by atoms with E-state index in [9.17, 15) is 43.2 Å². The van der Waals surface area contributed by atoms with E-state index in [-0.39, 0.29) is 25.7 Å². The molecule has 0 rings (SSSR count). The average Bonchev–Trinajstić information content (AvgIpc) is 3.36. The molecule has 0 aliphatic carbocycles. The molecule has 19 heteroatoms. The van der Waals surface area contributed by atoms with E-state index in [1.807, 2.05) is 0 Å². The standard InChI is InChI=1S/C74H144O17P2/c1-8-9-10-11-12-13-26-34-41-48-55-71(76)84-62-70(91-74(79)58-51-44-37-30-29-33-40-47-54-67(6)7)64-89-93(82,83)87-60-68(75)59-86-92(80,81)88-63-69(61-85-72(77)56-49-42-35-27-23-19-21-25-32-39-46-53-66(4)5)90-73(78)57-50-43-36-28-22-18-16-14-15-17-20-24-31-38-45-52-65(2)3/h65-70,75H,8-64H2,1-7H3,(H,80,81)(H,82,83)/t68-,69-,70-/m1/s1. The Morgan fingerprint density at radius 1 is 0.290 bits per heavy atom. The molecule has 3 N–H and O–H groups in total. The molecule has 93 heavy (non-hydrogen) atoms. The maximum Gasteiger partial charge on any atom is 0.472 e. The second-order valence-electron chi connectivity index (χ2n) is 28.1. The van der Waals surface area contributed by atoms with Gasteiger partial charge in [-0.05, 0) is 43.4 Å². The van der Waals surface area contributed by atoms with Gasteiger partial charge >= 0.3 is 39.5 Å². The van der Waals surface area contributed by atoms with Crippen molar-refractivity contribution in [2.24, 2.45) is 17.8 Å². The zero-order valence-corrected chi connectivity index (χ0v) is 62.5. The number of esters is 4. The van der Waals surface area contributed by atoms with Crippen molar-refractivity contribution in [3.8, 4) is 0 Å². The van der Waals surface area contributed by atoms with Gasteiger partial charge in [-0.3, -0.25) is 37.3 Å². The van der Waals surface area contributed by atoms with E-state index in [0.717, 1.165) is 108 Å². The molecule has 0 saturated carbocycles. The Kier molecular flexibility index (Phi) is 63.4. The highest BCUT2D eigenvalue weighted by atomic mass is 31.2. The van der Waals surface area contributed by atoms with Crippen LogP contribution in [0.4, 0.5) is 0 Å². The van der Waals surface area contributed by atoms with Crippen molar-refractivity contribution >= 4 is 39.5 Å². The molecule has 0 heterocycles. The molecular formula is C74H144O17P2. The molecule has 0 aromatic heterocycles. The number of hydrogen-bond acceptors (Lipinski definition) is 15. The fourth-order valence-electron chi connectivity index (χ4n) is 11.2. The van der Waals surface area contributed by atoms with E-state index in [1.165, 1.54) is 186 Å². The first-order valence-corrected chi connectivity index (χ1v) is 41.3. The van der Waals surface area contributed by atoms with Crippen molar-refractivity contribution < 1.29 is 80.2 Å². The lowest BCUT2D eigenvalue weighted by atomic mass is 10.0. The molecular weight excluding hydrogens is 1220 g/mol. The van der Waals surface area contributed by atoms with Crippen molar-refractivity contribution in [1.29, 1.82) is 0 Å². The lowest BCUT2D eigenvalue weighted by Gasteiger charge is -2.21. The zero-order valence-electron chi connectivity index (χ0n) is 60.7. The summed E-state index contributed by atoms with van der Waals surface area (Å²) in [7, 11) is -9.91. The monoisotopic (exact) mass is 1370 g/mol. The van der Waals surface area contributed by atoms with E-state index < -0.39 is 97.5 Å². The first-order valence-electron chi connectivity index (χ1n) is 38.3. The Labute approximate surface area is 568 Å². The predicted octanol–water partition coefficient (Wildman–Crippen LogP) is 21.4. The lowest BCUT2D eigenvalue weighted by Crippen LogP contribution is -2.30. The van der Waals surface area contributed by atoms with Gasteiger partial charge in [0.15, 0.2) is 12.2 Å². The molecule has 0 spiro atoms. The summed E-state index contributed by atoms with van der Waals surface area (Å²) in [5.74, 6) is 0.170. The molecule has 0 fully saturated rings. The molecule has 5 atom stereocenters. The molecule has 0 bridgehead atoms. The average molecular weight is 1370 g/mol. The highest BCUT2D eigenvalue weighted by molar-refractivity contribution is 7.47. The highest BCUT2D eigenvalue weighted by Crippen LogP contribution is 2.45. The van der Waals surface area contributed by atoms with Crippen molar-refractivity contribution in [3.05, 3.63) is 0 Å². The first-order chi connectivity index (χ1) is 44.7. The van der Waals surface area contributed by atoms with Crippen LogP contribution in [0.2, 0.25) is 0 Å². The summed E-state index contributed by atoms with van der Waals surface area (Å²) in [6, 6.07) is 0. The number of phosphoric ester groups is 2. The van der Waals surface area contributed by atoms with Crippen molar-refractivity contribution in [2.75, 3.05) is 39.6 Å². The summed E-state index contributed by atoms with van der Waals surface area (Å²) in [4.78, 5) is 72.7. The summed E-state index contributed by atoms with van der Waals surface area (Å²) >= 11 is 0. The van der Waals surface area contributed by atoms with Gasteiger partial charge in [-0.15, -0.1) is 0 Å². The van der Waals surface area contributed by atoms with E-state index in [4.69, 9.17) is 37.0 Å². The Morgan fingerprint density at radius 2 is 0.495 bits per heavy atom. The molecule has 0 radical (unpaired) electrons. The van der Waals surface area contributed by atoms with Gasteiger partial charge in [0.1, 0.15) is 19.3 Å². The second-order valence-corrected chi connectivity index (χ2v) is 31.0. The summed E-state index contributed by atoms with van der Waals surface area (Å²) in [6.45, 7) is 11.9. The topological polar surface area (TPSA) is 237 Å². The number of rotatable bonds is 72. The van der Waals surface area contributed by atoms with Crippen LogP contribution in [0.3, 0.4) is 0 Å². The molecule has 0 aliphatic heterocycles. The fourth-order valence-corrected chi connectivity index (χ4v) is 12.8. The summed E-state index contributed by atoms with van der Waals surface area (Å²) in [6.07, 6.45) is 49.9. The van der Waals surface area contributed by atoms with Crippen LogP contribution in [0.15, 0.2) is 0 Å². The SMILES string of the molecule is CCCCCCCCCCCCC(=O)OC[C@H](COP(=O)(O)OC[C@H](O)COP(=O)(O)OC[C@@H](COC(=O)CCCCCCCCCCCCCC(C)C)OC(=O)CCCCCCCCCCCCCCCCCC(C)C)OC(=O)CCCCCCCCCCC(C)C. The minimum atomic E-state index is -4.96. The molecule has 0 amide bonds. The van der Waals surface area contributed by atoms with Crippen LogP contribution < -0.4 is 0 Å². The summed E-state index contributed by atoms with van der Waals surface area (Å²) in [5.41, 5.74) is 0.